The fraction of sp³-hybridized carbons (Fsp3) is 0.381. The summed E-state index contributed by atoms with van der Waals surface area (Å²) in [6, 6.07) is 18.6. The maximum atomic E-state index is 12.6. The van der Waals surface area contributed by atoms with Gasteiger partial charge in [-0.25, -0.2) is 8.42 Å². The number of amides is 1. The molecule has 29 heavy (non-hydrogen) atoms. The van der Waals surface area contributed by atoms with Gasteiger partial charge >= 0.3 is 0 Å². The van der Waals surface area contributed by atoms with E-state index in [4.69, 9.17) is 4.74 Å². The lowest BCUT2D eigenvalue weighted by Gasteiger charge is -2.33. The van der Waals surface area contributed by atoms with Crippen molar-refractivity contribution in [3.63, 3.8) is 0 Å². The highest BCUT2D eigenvalue weighted by molar-refractivity contribution is 7.88. The van der Waals surface area contributed by atoms with Gasteiger partial charge < -0.3 is 10.1 Å². The van der Waals surface area contributed by atoms with Crippen LogP contribution in [-0.4, -0.2) is 69.4 Å². The molecule has 0 aliphatic carbocycles. The number of carbonyl (C=O) groups excluding carboxylic acids is 1. The Bertz CT molecular complexity index is 867. The van der Waals surface area contributed by atoms with Gasteiger partial charge in [0.05, 0.1) is 18.8 Å². The second-order valence-corrected chi connectivity index (χ2v) is 8.90. The average molecular weight is 418 g/mol. The van der Waals surface area contributed by atoms with Crippen LogP contribution in [0.15, 0.2) is 60.7 Å². The van der Waals surface area contributed by atoms with E-state index < -0.39 is 10.0 Å². The van der Waals surface area contributed by atoms with Crippen LogP contribution in [0.25, 0.3) is 0 Å². The predicted octanol–water partition coefficient (Wildman–Crippen LogP) is 1.33. The number of hydrogen-bond acceptors (Lipinski definition) is 5. The third-order valence-corrected chi connectivity index (χ3v) is 6.57. The number of rotatable bonds is 9. The molecule has 1 N–H and O–H groups in total. The van der Waals surface area contributed by atoms with Crippen LogP contribution >= 0.6 is 0 Å². The van der Waals surface area contributed by atoms with Crippen molar-refractivity contribution < 1.29 is 17.9 Å². The summed E-state index contributed by atoms with van der Waals surface area (Å²) in [6.45, 7) is 2.99. The Morgan fingerprint density at radius 1 is 0.931 bits per heavy atom. The molecule has 156 valence electrons. The first-order valence-corrected chi connectivity index (χ1v) is 11.3. The zero-order valence-corrected chi connectivity index (χ0v) is 17.2. The Morgan fingerprint density at radius 3 is 2.21 bits per heavy atom. The number of sulfonamides is 1. The molecule has 1 amide bonds. The van der Waals surface area contributed by atoms with Crippen molar-refractivity contribution >= 4 is 15.9 Å². The molecule has 1 aliphatic rings. The molecule has 0 radical (unpaired) electrons. The fourth-order valence-electron chi connectivity index (χ4n) is 3.18. The second kappa shape index (κ2) is 10.4. The third kappa shape index (κ3) is 6.85. The molecule has 0 saturated carbocycles. The standard InChI is InChI=1S/C21H27N3O4S/c25-21(22-11-16-28-20-9-5-2-6-10-20)17-23-12-14-24(15-13-23)29(26,27)18-19-7-3-1-4-8-19/h1-10H,11-18H2,(H,22,25). The number of carbonyl (C=O) groups is 1. The van der Waals surface area contributed by atoms with Crippen LogP contribution in [0.5, 0.6) is 5.75 Å². The van der Waals surface area contributed by atoms with E-state index >= 15 is 0 Å². The lowest BCUT2D eigenvalue weighted by molar-refractivity contribution is -0.122. The van der Waals surface area contributed by atoms with E-state index in [1.54, 1.807) is 0 Å². The lowest BCUT2D eigenvalue weighted by atomic mass is 10.2. The molecule has 8 heteroatoms. The monoisotopic (exact) mass is 417 g/mol. The van der Waals surface area contributed by atoms with Gasteiger partial charge in [-0.2, -0.15) is 4.31 Å². The van der Waals surface area contributed by atoms with Gasteiger partial charge in [0.2, 0.25) is 15.9 Å². The Hall–Kier alpha value is -2.42. The number of piperazine rings is 1. The molecule has 2 aromatic rings. The van der Waals surface area contributed by atoms with E-state index in [2.05, 4.69) is 5.32 Å². The molecule has 1 fully saturated rings. The Morgan fingerprint density at radius 2 is 1.55 bits per heavy atom. The Labute approximate surface area is 172 Å². The summed E-state index contributed by atoms with van der Waals surface area (Å²) >= 11 is 0. The summed E-state index contributed by atoms with van der Waals surface area (Å²) in [6.07, 6.45) is 0. The summed E-state index contributed by atoms with van der Waals surface area (Å²) in [5, 5.41) is 2.84. The van der Waals surface area contributed by atoms with Gasteiger partial charge in [0.25, 0.3) is 0 Å². The predicted molar refractivity (Wildman–Crippen MR) is 112 cm³/mol. The zero-order chi connectivity index (χ0) is 20.5. The molecule has 1 aliphatic heterocycles. The fourth-order valence-corrected chi connectivity index (χ4v) is 4.69. The quantitative estimate of drug-likeness (QED) is 0.623. The van der Waals surface area contributed by atoms with E-state index in [0.717, 1.165) is 11.3 Å². The van der Waals surface area contributed by atoms with Crippen molar-refractivity contribution in [3.05, 3.63) is 66.2 Å². The average Bonchev–Trinajstić information content (AvgIpc) is 2.73. The number of benzene rings is 2. The van der Waals surface area contributed by atoms with Crippen LogP contribution in [0.3, 0.4) is 0 Å². The summed E-state index contributed by atoms with van der Waals surface area (Å²) < 4.78 is 32.2. The maximum absolute atomic E-state index is 12.6. The van der Waals surface area contributed by atoms with E-state index in [1.165, 1.54) is 4.31 Å². The van der Waals surface area contributed by atoms with Gasteiger partial charge in [-0.15, -0.1) is 0 Å². The molecule has 2 aromatic carbocycles. The Balaban J connectivity index is 1.35. The zero-order valence-electron chi connectivity index (χ0n) is 16.4. The first kappa shape index (κ1) is 21.3. The summed E-state index contributed by atoms with van der Waals surface area (Å²) in [7, 11) is -3.34. The van der Waals surface area contributed by atoms with Crippen LogP contribution in [-0.2, 0) is 20.6 Å². The van der Waals surface area contributed by atoms with E-state index in [-0.39, 0.29) is 18.2 Å². The second-order valence-electron chi connectivity index (χ2n) is 6.93. The lowest BCUT2D eigenvalue weighted by Crippen LogP contribution is -2.51. The van der Waals surface area contributed by atoms with E-state index in [9.17, 15) is 13.2 Å². The van der Waals surface area contributed by atoms with Crippen LogP contribution in [0, 0.1) is 0 Å². The van der Waals surface area contributed by atoms with Crippen LogP contribution < -0.4 is 10.1 Å². The molecule has 0 spiro atoms. The SMILES string of the molecule is O=C(CN1CCN(S(=O)(=O)Cc2ccccc2)CC1)NCCOc1ccccc1. The normalized spacial score (nSPS) is 15.7. The molecule has 3 rings (SSSR count). The number of nitrogens with one attached hydrogen (secondary N) is 1. The molecular formula is C21H27N3O4S. The van der Waals surface area contributed by atoms with Crippen molar-refractivity contribution in [2.75, 3.05) is 45.9 Å². The molecule has 0 aromatic heterocycles. The van der Waals surface area contributed by atoms with Gasteiger partial charge in [-0.05, 0) is 17.7 Å². The molecule has 1 heterocycles. The Kier molecular flexibility index (Phi) is 7.62. The molecular weight excluding hydrogens is 390 g/mol. The van der Waals surface area contributed by atoms with Gasteiger partial charge in [-0.1, -0.05) is 48.5 Å². The topological polar surface area (TPSA) is 79.0 Å². The molecule has 0 atom stereocenters. The number of hydrogen-bond donors (Lipinski definition) is 1. The highest BCUT2D eigenvalue weighted by atomic mass is 32.2. The smallest absolute Gasteiger partial charge is 0.234 e. The van der Waals surface area contributed by atoms with Crippen LogP contribution in [0.2, 0.25) is 0 Å². The van der Waals surface area contributed by atoms with Crippen molar-refractivity contribution in [1.82, 2.24) is 14.5 Å². The molecule has 1 saturated heterocycles. The summed E-state index contributed by atoms with van der Waals surface area (Å²) in [4.78, 5) is 14.1. The number of ether oxygens (including phenoxy) is 1. The summed E-state index contributed by atoms with van der Waals surface area (Å²) in [5.41, 5.74) is 0.784. The molecule has 0 bridgehead atoms. The van der Waals surface area contributed by atoms with Crippen molar-refractivity contribution in [2.24, 2.45) is 0 Å². The molecule has 0 unspecified atom stereocenters. The van der Waals surface area contributed by atoms with E-state index in [1.807, 2.05) is 65.6 Å². The largest absolute Gasteiger partial charge is 0.492 e. The third-order valence-electron chi connectivity index (χ3n) is 4.72. The van der Waals surface area contributed by atoms with Gasteiger partial charge in [0, 0.05) is 26.2 Å². The minimum Gasteiger partial charge on any atom is -0.492 e. The molecule has 7 nitrogen and oxygen atoms in total. The van der Waals surface area contributed by atoms with Crippen molar-refractivity contribution in [2.45, 2.75) is 5.75 Å². The summed E-state index contributed by atoms with van der Waals surface area (Å²) in [5.74, 6) is 0.701. The van der Waals surface area contributed by atoms with Crippen LogP contribution in [0.4, 0.5) is 0 Å². The minimum atomic E-state index is -3.34. The highest BCUT2D eigenvalue weighted by Crippen LogP contribution is 2.13. The van der Waals surface area contributed by atoms with Crippen molar-refractivity contribution in [3.8, 4) is 5.75 Å². The van der Waals surface area contributed by atoms with Crippen molar-refractivity contribution in [1.29, 1.82) is 0 Å². The number of para-hydroxylation sites is 1. The highest BCUT2D eigenvalue weighted by Gasteiger charge is 2.27. The number of nitrogens with zero attached hydrogens (tertiary/aromatic N) is 2. The van der Waals surface area contributed by atoms with E-state index in [0.29, 0.717) is 39.3 Å². The first-order chi connectivity index (χ1) is 14.0. The minimum absolute atomic E-state index is 0.00966. The van der Waals surface area contributed by atoms with Gasteiger partial charge in [0.15, 0.2) is 0 Å². The van der Waals surface area contributed by atoms with Crippen LogP contribution in [0.1, 0.15) is 5.56 Å². The van der Waals surface area contributed by atoms with Gasteiger partial charge in [-0.3, -0.25) is 9.69 Å². The first-order valence-electron chi connectivity index (χ1n) is 9.71. The maximum Gasteiger partial charge on any atom is 0.234 e. The van der Waals surface area contributed by atoms with Gasteiger partial charge in [0.1, 0.15) is 12.4 Å².